The summed E-state index contributed by atoms with van der Waals surface area (Å²) in [6, 6.07) is 3.07. The Morgan fingerprint density at radius 1 is 1.35 bits per heavy atom. The van der Waals surface area contributed by atoms with Crippen molar-refractivity contribution in [1.82, 2.24) is 19.7 Å². The molecule has 6 nitrogen and oxygen atoms in total. The number of nitrogens with zero attached hydrogens (tertiary/aromatic N) is 4. The summed E-state index contributed by atoms with van der Waals surface area (Å²) in [4.78, 5) is 5.67. The van der Waals surface area contributed by atoms with Gasteiger partial charge in [0.2, 0.25) is 0 Å². The molecular formula is C17H22F2N4O2S. The summed E-state index contributed by atoms with van der Waals surface area (Å²) < 4.78 is 34.4. The van der Waals surface area contributed by atoms with Gasteiger partial charge in [0, 0.05) is 31.1 Å². The molecular weight excluding hydrogens is 362 g/mol. The first-order valence-corrected chi connectivity index (χ1v) is 8.72. The van der Waals surface area contributed by atoms with Crippen molar-refractivity contribution in [3.63, 3.8) is 0 Å². The molecule has 142 valence electrons. The van der Waals surface area contributed by atoms with Gasteiger partial charge in [0.05, 0.1) is 13.2 Å². The molecule has 0 radical (unpaired) electrons. The largest absolute Gasteiger partial charge is 0.471 e. The third-order valence-electron chi connectivity index (χ3n) is 4.09. The van der Waals surface area contributed by atoms with Gasteiger partial charge in [-0.1, -0.05) is 6.07 Å². The molecule has 2 aromatic rings. The van der Waals surface area contributed by atoms with Crippen molar-refractivity contribution in [2.75, 3.05) is 19.7 Å². The van der Waals surface area contributed by atoms with E-state index in [0.717, 1.165) is 12.1 Å². The maximum Gasteiger partial charge on any atom is 0.259 e. The lowest BCUT2D eigenvalue weighted by molar-refractivity contribution is -0.0102. The molecule has 0 fully saturated rings. The fraction of sp³-hybridized carbons (Fsp3) is 0.471. The lowest BCUT2D eigenvalue weighted by atomic mass is 9.90. The molecule has 1 atom stereocenters. The summed E-state index contributed by atoms with van der Waals surface area (Å²) in [6.07, 6.45) is 2.76. The van der Waals surface area contributed by atoms with Crippen LogP contribution in [-0.2, 0) is 16.9 Å². The summed E-state index contributed by atoms with van der Waals surface area (Å²) in [6.45, 7) is 5.31. The number of aromatic nitrogens is 3. The molecule has 0 saturated carbocycles. The normalized spacial score (nSPS) is 13.3. The zero-order chi connectivity index (χ0) is 19.2. The summed E-state index contributed by atoms with van der Waals surface area (Å²) >= 11 is 5.21. The highest BCUT2D eigenvalue weighted by molar-refractivity contribution is 7.80. The van der Waals surface area contributed by atoms with Gasteiger partial charge in [-0.15, -0.1) is 0 Å². The number of hydrogen-bond donors (Lipinski definition) is 1. The molecule has 1 N–H and O–H groups in total. The number of thiocarbonyl (C=S) groups is 1. The van der Waals surface area contributed by atoms with E-state index in [-0.39, 0.29) is 25.1 Å². The van der Waals surface area contributed by atoms with E-state index in [0.29, 0.717) is 18.3 Å². The van der Waals surface area contributed by atoms with Crippen molar-refractivity contribution in [2.24, 2.45) is 0 Å². The number of ether oxygens (including phenoxy) is 1. The fourth-order valence-corrected chi connectivity index (χ4v) is 2.97. The Kier molecular flexibility index (Phi) is 6.98. The Bertz CT molecular complexity index is 726. The van der Waals surface area contributed by atoms with Crippen LogP contribution in [0.25, 0.3) is 0 Å². The second-order valence-corrected chi connectivity index (χ2v) is 6.13. The maximum atomic E-state index is 14.3. The monoisotopic (exact) mass is 384 g/mol. The van der Waals surface area contributed by atoms with Crippen molar-refractivity contribution in [1.29, 1.82) is 0 Å². The highest BCUT2D eigenvalue weighted by Gasteiger charge is 2.33. The zero-order valence-electron chi connectivity index (χ0n) is 14.7. The minimum atomic E-state index is -1.66. The molecule has 0 saturated heterocycles. The SMILES string of the molecule is CCN(CC)C(=S)OCC[C@](O)(Cn1cncn1)c1ccc(F)cc1F. The lowest BCUT2D eigenvalue weighted by Crippen LogP contribution is -2.36. The average molecular weight is 384 g/mol. The molecule has 0 amide bonds. The minimum absolute atomic E-state index is 0.0354. The van der Waals surface area contributed by atoms with Gasteiger partial charge in [-0.25, -0.2) is 18.4 Å². The van der Waals surface area contributed by atoms with Crippen LogP contribution >= 0.6 is 12.2 Å². The van der Waals surface area contributed by atoms with Crippen molar-refractivity contribution in [3.8, 4) is 0 Å². The van der Waals surface area contributed by atoms with Gasteiger partial charge in [-0.3, -0.25) is 0 Å². The fourth-order valence-electron chi connectivity index (χ4n) is 2.63. The standard InChI is InChI=1S/C17H22F2N4O2S/c1-3-22(4-2)16(26)25-8-7-17(24,10-23-12-20-11-21-23)14-6-5-13(18)9-15(14)19/h5-6,9,11-12,24H,3-4,7-8,10H2,1-2H3/t17-/m0/s1. The van der Waals surface area contributed by atoms with Crippen LogP contribution in [0.5, 0.6) is 0 Å². The predicted octanol–water partition coefficient (Wildman–Crippen LogP) is 2.48. The zero-order valence-corrected chi connectivity index (χ0v) is 15.5. The smallest absolute Gasteiger partial charge is 0.259 e. The van der Waals surface area contributed by atoms with E-state index in [2.05, 4.69) is 10.1 Å². The third kappa shape index (κ3) is 4.95. The molecule has 2 rings (SSSR count). The molecule has 1 aromatic carbocycles. The van der Waals surface area contributed by atoms with Gasteiger partial charge in [0.15, 0.2) is 0 Å². The van der Waals surface area contributed by atoms with Crippen LogP contribution in [0, 0.1) is 11.6 Å². The summed E-state index contributed by atoms with van der Waals surface area (Å²) in [5, 5.41) is 15.4. The van der Waals surface area contributed by atoms with E-state index in [1.165, 1.54) is 23.4 Å². The molecule has 0 aliphatic carbocycles. The molecule has 1 heterocycles. The van der Waals surface area contributed by atoms with Crippen LogP contribution in [0.15, 0.2) is 30.9 Å². The number of aliphatic hydroxyl groups is 1. The number of halogens is 2. The van der Waals surface area contributed by atoms with E-state index in [1.807, 2.05) is 18.7 Å². The van der Waals surface area contributed by atoms with E-state index in [9.17, 15) is 13.9 Å². The van der Waals surface area contributed by atoms with E-state index < -0.39 is 17.2 Å². The molecule has 0 aliphatic heterocycles. The number of rotatable bonds is 8. The van der Waals surface area contributed by atoms with Crippen LogP contribution in [0.1, 0.15) is 25.8 Å². The Hall–Kier alpha value is -2.13. The Labute approximate surface area is 156 Å². The van der Waals surface area contributed by atoms with Crippen molar-refractivity contribution < 1.29 is 18.6 Å². The van der Waals surface area contributed by atoms with E-state index >= 15 is 0 Å². The van der Waals surface area contributed by atoms with Crippen LogP contribution in [0.4, 0.5) is 8.78 Å². The number of hydrogen-bond acceptors (Lipinski definition) is 5. The average Bonchev–Trinajstić information content (AvgIpc) is 3.08. The molecule has 0 aliphatic rings. The minimum Gasteiger partial charge on any atom is -0.471 e. The first-order valence-electron chi connectivity index (χ1n) is 8.31. The van der Waals surface area contributed by atoms with E-state index in [4.69, 9.17) is 17.0 Å². The maximum absolute atomic E-state index is 14.3. The highest BCUT2D eigenvalue weighted by atomic mass is 32.1. The van der Waals surface area contributed by atoms with Gasteiger partial charge in [-0.05, 0) is 32.1 Å². The summed E-state index contributed by atoms with van der Waals surface area (Å²) in [7, 11) is 0. The van der Waals surface area contributed by atoms with Gasteiger partial charge in [0.1, 0.15) is 29.9 Å². The summed E-state index contributed by atoms with van der Waals surface area (Å²) in [5.74, 6) is -1.55. The summed E-state index contributed by atoms with van der Waals surface area (Å²) in [5.41, 5.74) is -1.70. The van der Waals surface area contributed by atoms with Crippen LogP contribution in [-0.4, -0.2) is 49.6 Å². The Morgan fingerprint density at radius 3 is 2.65 bits per heavy atom. The molecule has 26 heavy (non-hydrogen) atoms. The van der Waals surface area contributed by atoms with Gasteiger partial charge >= 0.3 is 0 Å². The molecule has 1 aromatic heterocycles. The molecule has 0 spiro atoms. The lowest BCUT2D eigenvalue weighted by Gasteiger charge is -2.29. The predicted molar refractivity (Wildman–Crippen MR) is 96.4 cm³/mol. The first-order chi connectivity index (χ1) is 12.4. The second-order valence-electron chi connectivity index (χ2n) is 5.79. The van der Waals surface area contributed by atoms with E-state index in [1.54, 1.807) is 0 Å². The first kappa shape index (κ1) is 20.2. The van der Waals surface area contributed by atoms with Gasteiger partial charge < -0.3 is 14.7 Å². The molecule has 0 unspecified atom stereocenters. The number of benzene rings is 1. The van der Waals surface area contributed by atoms with Crippen molar-refractivity contribution >= 4 is 17.4 Å². The topological polar surface area (TPSA) is 63.4 Å². The van der Waals surface area contributed by atoms with Crippen molar-refractivity contribution in [3.05, 3.63) is 48.1 Å². The van der Waals surface area contributed by atoms with Crippen LogP contribution < -0.4 is 0 Å². The Balaban J connectivity index is 2.17. The van der Waals surface area contributed by atoms with Gasteiger partial charge in [0.25, 0.3) is 5.17 Å². The molecule has 9 heteroatoms. The molecule has 0 bridgehead atoms. The quantitative estimate of drug-likeness (QED) is 0.706. The second kappa shape index (κ2) is 9.00. The highest BCUT2D eigenvalue weighted by Crippen LogP contribution is 2.30. The Morgan fingerprint density at radius 2 is 2.08 bits per heavy atom. The van der Waals surface area contributed by atoms with Crippen LogP contribution in [0.2, 0.25) is 0 Å². The third-order valence-corrected chi connectivity index (χ3v) is 4.46. The van der Waals surface area contributed by atoms with Crippen molar-refractivity contribution in [2.45, 2.75) is 32.4 Å². The van der Waals surface area contributed by atoms with Gasteiger partial charge in [-0.2, -0.15) is 5.10 Å². The van der Waals surface area contributed by atoms with Crippen LogP contribution in [0.3, 0.4) is 0 Å².